The molecule has 9 heteroatoms. The van der Waals surface area contributed by atoms with Crippen LogP contribution < -0.4 is 9.64 Å². The number of fused-ring (bicyclic) bond motifs is 2. The molecule has 1 aliphatic carbocycles. The summed E-state index contributed by atoms with van der Waals surface area (Å²) in [5, 5.41) is 9.31. The van der Waals surface area contributed by atoms with E-state index in [1.807, 2.05) is 60.4 Å². The zero-order chi connectivity index (χ0) is 29.3. The number of rotatable bonds is 9. The Morgan fingerprint density at radius 2 is 1.74 bits per heavy atom. The zero-order valence-electron chi connectivity index (χ0n) is 24.5. The maximum atomic E-state index is 14.5. The monoisotopic (exact) mass is 577 g/mol. The van der Waals surface area contributed by atoms with Gasteiger partial charge in [-0.05, 0) is 63.3 Å². The Hall–Kier alpha value is -3.17. The Bertz CT molecular complexity index is 1220. The number of likely N-dealkylation sites (tertiary alicyclic amines) is 1. The summed E-state index contributed by atoms with van der Waals surface area (Å²) >= 11 is 0. The van der Waals surface area contributed by atoms with Crippen LogP contribution in [-0.4, -0.2) is 89.3 Å². The molecule has 1 N–H and O–H groups in total. The SMILES string of the molecule is CCOc1ccc(N2CC=C[C@@H]3O[C@]45C=CCN(C6CCCCC6)C(=O)C4N(CCCCCO)C(=O)[C@@H]5[C@@H]3C2=O)cc1. The van der Waals surface area contributed by atoms with E-state index in [0.29, 0.717) is 39.1 Å². The van der Waals surface area contributed by atoms with Crippen LogP contribution in [0.3, 0.4) is 0 Å². The second-order valence-corrected chi connectivity index (χ2v) is 12.1. The molecule has 4 heterocycles. The van der Waals surface area contributed by atoms with E-state index >= 15 is 0 Å². The van der Waals surface area contributed by atoms with E-state index in [-0.39, 0.29) is 30.4 Å². The highest BCUT2D eigenvalue weighted by Gasteiger charge is 2.71. The van der Waals surface area contributed by atoms with Crippen molar-refractivity contribution in [3.8, 4) is 5.75 Å². The molecule has 9 nitrogen and oxygen atoms in total. The second-order valence-electron chi connectivity index (χ2n) is 12.1. The Morgan fingerprint density at radius 1 is 0.952 bits per heavy atom. The quantitative estimate of drug-likeness (QED) is 0.357. The number of amides is 3. The minimum atomic E-state index is -1.20. The third-order valence-electron chi connectivity index (χ3n) is 9.72. The van der Waals surface area contributed by atoms with Gasteiger partial charge in [-0.3, -0.25) is 14.4 Å². The van der Waals surface area contributed by atoms with Crippen LogP contribution in [0, 0.1) is 11.8 Å². The predicted octanol–water partition coefficient (Wildman–Crippen LogP) is 3.46. The summed E-state index contributed by atoms with van der Waals surface area (Å²) < 4.78 is 12.4. The molecule has 3 amide bonds. The van der Waals surface area contributed by atoms with Crippen molar-refractivity contribution in [2.24, 2.45) is 11.8 Å². The van der Waals surface area contributed by atoms with Gasteiger partial charge in [-0.15, -0.1) is 0 Å². The molecule has 2 saturated heterocycles. The molecule has 1 aromatic rings. The van der Waals surface area contributed by atoms with Gasteiger partial charge in [0.2, 0.25) is 17.7 Å². The van der Waals surface area contributed by atoms with Crippen molar-refractivity contribution in [2.45, 2.75) is 82.1 Å². The van der Waals surface area contributed by atoms with Crippen LogP contribution in [0.2, 0.25) is 0 Å². The van der Waals surface area contributed by atoms with Crippen molar-refractivity contribution in [3.63, 3.8) is 0 Å². The van der Waals surface area contributed by atoms with Crippen LogP contribution in [-0.2, 0) is 19.1 Å². The van der Waals surface area contributed by atoms with Crippen LogP contribution in [0.25, 0.3) is 0 Å². The minimum Gasteiger partial charge on any atom is -0.494 e. The number of nitrogens with zero attached hydrogens (tertiary/aromatic N) is 3. The van der Waals surface area contributed by atoms with Gasteiger partial charge in [-0.25, -0.2) is 0 Å². The molecule has 1 spiro atoms. The highest BCUT2D eigenvalue weighted by Crippen LogP contribution is 2.54. The summed E-state index contributed by atoms with van der Waals surface area (Å²) in [6, 6.07) is 6.78. The van der Waals surface area contributed by atoms with Gasteiger partial charge in [0.25, 0.3) is 0 Å². The largest absolute Gasteiger partial charge is 0.494 e. The summed E-state index contributed by atoms with van der Waals surface area (Å²) in [4.78, 5) is 48.6. The van der Waals surface area contributed by atoms with Gasteiger partial charge in [0.15, 0.2) is 0 Å². The van der Waals surface area contributed by atoms with Gasteiger partial charge in [0, 0.05) is 38.0 Å². The third kappa shape index (κ3) is 4.94. The first kappa shape index (κ1) is 28.9. The molecule has 1 aromatic carbocycles. The first-order valence-corrected chi connectivity index (χ1v) is 15.8. The molecule has 1 saturated carbocycles. The molecule has 5 aliphatic rings. The number of benzene rings is 1. The van der Waals surface area contributed by atoms with Crippen molar-refractivity contribution in [1.82, 2.24) is 9.80 Å². The van der Waals surface area contributed by atoms with Crippen LogP contribution in [0.5, 0.6) is 5.75 Å². The zero-order valence-corrected chi connectivity index (χ0v) is 24.5. The number of aliphatic hydroxyl groups is 1. The first-order chi connectivity index (χ1) is 20.5. The van der Waals surface area contributed by atoms with Gasteiger partial charge in [-0.1, -0.05) is 43.6 Å². The fraction of sp³-hybridized carbons (Fsp3) is 0.606. The summed E-state index contributed by atoms with van der Waals surface area (Å²) in [7, 11) is 0. The molecule has 42 heavy (non-hydrogen) atoms. The molecule has 0 bridgehead atoms. The molecular formula is C33H43N3O6. The van der Waals surface area contributed by atoms with E-state index in [2.05, 4.69) is 0 Å². The van der Waals surface area contributed by atoms with E-state index in [0.717, 1.165) is 43.5 Å². The Morgan fingerprint density at radius 3 is 2.48 bits per heavy atom. The summed E-state index contributed by atoms with van der Waals surface area (Å²) in [5.74, 6) is -1.23. The molecule has 3 fully saturated rings. The number of anilines is 1. The van der Waals surface area contributed by atoms with Gasteiger partial charge in [0.05, 0.1) is 24.5 Å². The van der Waals surface area contributed by atoms with Gasteiger partial charge >= 0.3 is 0 Å². The van der Waals surface area contributed by atoms with E-state index in [1.165, 1.54) is 6.42 Å². The van der Waals surface area contributed by atoms with Crippen molar-refractivity contribution in [3.05, 3.63) is 48.6 Å². The summed E-state index contributed by atoms with van der Waals surface area (Å²) in [6.45, 7) is 3.83. The van der Waals surface area contributed by atoms with Crippen LogP contribution in [0.1, 0.15) is 58.3 Å². The van der Waals surface area contributed by atoms with E-state index in [4.69, 9.17) is 9.47 Å². The number of hydrogen-bond acceptors (Lipinski definition) is 6. The fourth-order valence-electron chi connectivity index (χ4n) is 7.81. The highest BCUT2D eigenvalue weighted by molar-refractivity contribution is 6.03. The van der Waals surface area contributed by atoms with Crippen molar-refractivity contribution in [2.75, 3.05) is 37.7 Å². The van der Waals surface area contributed by atoms with Crippen LogP contribution >= 0.6 is 0 Å². The Balaban J connectivity index is 1.35. The van der Waals surface area contributed by atoms with Crippen molar-refractivity contribution >= 4 is 23.4 Å². The van der Waals surface area contributed by atoms with Gasteiger partial charge < -0.3 is 29.3 Å². The number of unbranched alkanes of at least 4 members (excludes halogenated alkanes) is 2. The lowest BCUT2D eigenvalue weighted by Gasteiger charge is -2.39. The lowest BCUT2D eigenvalue weighted by atomic mass is 9.77. The number of ether oxygens (including phenoxy) is 2. The minimum absolute atomic E-state index is 0.0684. The number of hydrogen-bond donors (Lipinski definition) is 1. The topological polar surface area (TPSA) is 99.6 Å². The third-order valence-corrected chi connectivity index (χ3v) is 9.72. The summed E-state index contributed by atoms with van der Waals surface area (Å²) in [6.07, 6.45) is 14.6. The molecule has 4 aliphatic heterocycles. The maximum Gasteiger partial charge on any atom is 0.249 e. The van der Waals surface area contributed by atoms with E-state index in [1.54, 1.807) is 9.80 Å². The Kier molecular flexibility index (Phi) is 8.41. The average molecular weight is 578 g/mol. The number of carbonyl (C=O) groups excluding carboxylic acids is 3. The molecule has 5 atom stereocenters. The normalized spacial score (nSPS) is 31.2. The highest BCUT2D eigenvalue weighted by atomic mass is 16.5. The summed E-state index contributed by atoms with van der Waals surface area (Å²) in [5.41, 5.74) is -0.473. The molecule has 6 rings (SSSR count). The maximum absolute atomic E-state index is 14.5. The lowest BCUT2D eigenvalue weighted by Crippen LogP contribution is -2.57. The second kappa shape index (κ2) is 12.2. The van der Waals surface area contributed by atoms with Crippen molar-refractivity contribution < 1.29 is 29.0 Å². The first-order valence-electron chi connectivity index (χ1n) is 15.8. The molecule has 226 valence electrons. The average Bonchev–Trinajstić information content (AvgIpc) is 3.31. The molecule has 0 aromatic heterocycles. The van der Waals surface area contributed by atoms with Crippen LogP contribution in [0.4, 0.5) is 5.69 Å². The van der Waals surface area contributed by atoms with Crippen molar-refractivity contribution in [1.29, 1.82) is 0 Å². The standard InChI is InChI=1S/C33H43N3O6/c1-2-41-25-16-14-24(15-17-25)34-20-9-13-26-27(30(34)38)28-31(39)36(19-7-4-8-22-37)29-32(40)35(23-11-5-3-6-12-23)21-10-18-33(28,29)42-26/h9-10,13-18,23,26-29,37H,2-8,11-12,19-22H2,1H3/t26-,27+,28-,29?,33-/m0/s1. The molecule has 1 unspecified atom stereocenters. The lowest BCUT2D eigenvalue weighted by molar-refractivity contribution is -0.149. The fourth-order valence-corrected chi connectivity index (χ4v) is 7.81. The Labute approximate surface area is 248 Å². The van der Waals surface area contributed by atoms with Crippen LogP contribution in [0.15, 0.2) is 48.6 Å². The van der Waals surface area contributed by atoms with E-state index < -0.39 is 29.6 Å². The predicted molar refractivity (Wildman–Crippen MR) is 158 cm³/mol. The smallest absolute Gasteiger partial charge is 0.249 e. The van der Waals surface area contributed by atoms with Gasteiger partial charge in [0.1, 0.15) is 17.4 Å². The number of carbonyl (C=O) groups is 3. The van der Waals surface area contributed by atoms with E-state index in [9.17, 15) is 19.5 Å². The molecular weight excluding hydrogens is 534 g/mol. The number of aliphatic hydroxyl groups excluding tert-OH is 1. The van der Waals surface area contributed by atoms with Gasteiger partial charge in [-0.2, -0.15) is 0 Å². The molecule has 0 radical (unpaired) electrons.